The number of aliphatic carboxylic acids is 1. The van der Waals surface area contributed by atoms with Gasteiger partial charge >= 0.3 is 12.0 Å². The molecule has 0 heterocycles. The van der Waals surface area contributed by atoms with Crippen molar-refractivity contribution < 1.29 is 19.8 Å². The normalized spacial score (nSPS) is 17.2. The van der Waals surface area contributed by atoms with Crippen LogP contribution in [0.15, 0.2) is 0 Å². The Morgan fingerprint density at radius 3 is 2.30 bits per heavy atom. The van der Waals surface area contributed by atoms with Crippen molar-refractivity contribution in [3.63, 3.8) is 0 Å². The molecule has 2 amide bonds. The van der Waals surface area contributed by atoms with Crippen molar-refractivity contribution in [2.24, 2.45) is 5.41 Å². The van der Waals surface area contributed by atoms with Gasteiger partial charge in [-0.3, -0.25) is 4.79 Å². The number of hydrogen-bond donors (Lipinski definition) is 3. The van der Waals surface area contributed by atoms with E-state index >= 15 is 0 Å². The molecule has 0 aliphatic heterocycles. The summed E-state index contributed by atoms with van der Waals surface area (Å²) in [5.41, 5.74) is -0.335. The molecule has 1 aliphatic rings. The maximum atomic E-state index is 12.3. The number of hydrogen-bond acceptors (Lipinski definition) is 3. The maximum Gasteiger partial charge on any atom is 0.317 e. The van der Waals surface area contributed by atoms with Crippen LogP contribution in [0.3, 0.4) is 0 Å². The van der Waals surface area contributed by atoms with Gasteiger partial charge in [0.15, 0.2) is 0 Å². The van der Waals surface area contributed by atoms with Gasteiger partial charge in [-0.2, -0.15) is 0 Å². The minimum atomic E-state index is -0.928. The molecule has 1 fully saturated rings. The lowest BCUT2D eigenvalue weighted by Gasteiger charge is -2.39. The maximum absolute atomic E-state index is 12.3. The first kappa shape index (κ1) is 16.8. The van der Waals surface area contributed by atoms with Crippen LogP contribution in [0, 0.1) is 5.41 Å². The zero-order chi connectivity index (χ0) is 15.3. The molecule has 0 radical (unpaired) electrons. The summed E-state index contributed by atoms with van der Waals surface area (Å²) in [5, 5.41) is 20.9. The first-order valence-corrected chi connectivity index (χ1v) is 7.15. The quantitative estimate of drug-likeness (QED) is 0.689. The molecule has 0 aromatic heterocycles. The lowest BCUT2D eigenvalue weighted by Crippen LogP contribution is -2.55. The molecular weight excluding hydrogens is 260 g/mol. The summed E-state index contributed by atoms with van der Waals surface area (Å²) in [6, 6.07) is -0.536. The molecule has 1 saturated carbocycles. The third kappa shape index (κ3) is 4.67. The number of aliphatic hydroxyl groups is 1. The zero-order valence-electron chi connectivity index (χ0n) is 12.6. The van der Waals surface area contributed by atoms with E-state index in [9.17, 15) is 9.59 Å². The van der Waals surface area contributed by atoms with E-state index in [1.807, 2.05) is 20.8 Å². The van der Waals surface area contributed by atoms with E-state index < -0.39 is 12.0 Å². The molecule has 0 aromatic carbocycles. The van der Waals surface area contributed by atoms with Gasteiger partial charge in [-0.15, -0.1) is 0 Å². The Morgan fingerprint density at radius 2 is 1.95 bits per heavy atom. The van der Waals surface area contributed by atoms with Crippen molar-refractivity contribution in [2.75, 3.05) is 13.2 Å². The molecule has 3 N–H and O–H groups in total. The summed E-state index contributed by atoms with van der Waals surface area (Å²) in [5.74, 6) is -0.928. The number of nitrogens with one attached hydrogen (secondary N) is 1. The first-order chi connectivity index (χ1) is 9.25. The van der Waals surface area contributed by atoms with E-state index in [0.29, 0.717) is 6.54 Å². The Bertz CT molecular complexity index is 348. The summed E-state index contributed by atoms with van der Waals surface area (Å²) in [7, 11) is 0. The van der Waals surface area contributed by atoms with Gasteiger partial charge in [0.2, 0.25) is 0 Å². The monoisotopic (exact) mass is 286 g/mol. The molecule has 0 bridgehead atoms. The van der Waals surface area contributed by atoms with Gasteiger partial charge in [-0.1, -0.05) is 20.8 Å². The minimum Gasteiger partial charge on any atom is -0.481 e. The van der Waals surface area contributed by atoms with Crippen LogP contribution in [0.2, 0.25) is 0 Å². The number of nitrogens with zero attached hydrogens (tertiary/aromatic N) is 1. The van der Waals surface area contributed by atoms with Gasteiger partial charge in [0, 0.05) is 18.6 Å². The molecule has 20 heavy (non-hydrogen) atoms. The molecule has 1 rings (SSSR count). The number of rotatable bonds is 6. The Labute approximate surface area is 120 Å². The number of amides is 2. The second kappa shape index (κ2) is 6.92. The fraction of sp³-hybridized carbons (Fsp3) is 0.857. The van der Waals surface area contributed by atoms with E-state index in [0.717, 1.165) is 19.3 Å². The van der Waals surface area contributed by atoms with Gasteiger partial charge in [0.05, 0.1) is 13.0 Å². The fourth-order valence-corrected chi connectivity index (χ4v) is 2.24. The van der Waals surface area contributed by atoms with Crippen LogP contribution in [-0.4, -0.2) is 52.3 Å². The van der Waals surface area contributed by atoms with Crippen LogP contribution in [0.5, 0.6) is 0 Å². The van der Waals surface area contributed by atoms with Gasteiger partial charge < -0.3 is 20.4 Å². The molecule has 6 heteroatoms. The number of aliphatic hydroxyl groups excluding tert-OH is 1. The standard InChI is InChI=1S/C14H26N2O4/c1-14(2,3)11(9-12(18)19)15-13(20)16(7-8-17)10-5-4-6-10/h10-11,17H,4-9H2,1-3H3,(H,15,20)(H,18,19). The highest BCUT2D eigenvalue weighted by molar-refractivity contribution is 5.76. The molecule has 1 aliphatic carbocycles. The minimum absolute atomic E-state index is 0.0803. The van der Waals surface area contributed by atoms with Crippen molar-refractivity contribution in [3.05, 3.63) is 0 Å². The number of carboxylic acids is 1. The molecular formula is C14H26N2O4. The van der Waals surface area contributed by atoms with E-state index in [2.05, 4.69) is 5.32 Å². The number of carbonyl (C=O) groups is 2. The Morgan fingerprint density at radius 1 is 1.35 bits per heavy atom. The average molecular weight is 286 g/mol. The van der Waals surface area contributed by atoms with Crippen molar-refractivity contribution in [1.29, 1.82) is 0 Å². The molecule has 6 nitrogen and oxygen atoms in total. The van der Waals surface area contributed by atoms with E-state index in [1.54, 1.807) is 4.90 Å². The second-order valence-corrected chi connectivity index (χ2v) is 6.47. The van der Waals surface area contributed by atoms with Crippen LogP contribution in [0.4, 0.5) is 4.79 Å². The summed E-state index contributed by atoms with van der Waals surface area (Å²) >= 11 is 0. The summed E-state index contributed by atoms with van der Waals surface area (Å²) in [6.45, 7) is 5.92. The van der Waals surface area contributed by atoms with Crippen molar-refractivity contribution >= 4 is 12.0 Å². The van der Waals surface area contributed by atoms with Gasteiger partial charge in [0.25, 0.3) is 0 Å². The first-order valence-electron chi connectivity index (χ1n) is 7.15. The topological polar surface area (TPSA) is 89.9 Å². The highest BCUT2D eigenvalue weighted by atomic mass is 16.4. The number of carboxylic acid groups (broad SMARTS) is 1. The van der Waals surface area contributed by atoms with Gasteiger partial charge in [0.1, 0.15) is 0 Å². The number of carbonyl (C=O) groups excluding carboxylic acids is 1. The molecule has 0 spiro atoms. The molecule has 0 saturated heterocycles. The highest BCUT2D eigenvalue weighted by Gasteiger charge is 2.33. The van der Waals surface area contributed by atoms with Crippen LogP contribution in [0.1, 0.15) is 46.5 Å². The van der Waals surface area contributed by atoms with Crippen LogP contribution < -0.4 is 5.32 Å². The molecule has 1 unspecified atom stereocenters. The van der Waals surface area contributed by atoms with Gasteiger partial charge in [-0.05, 0) is 24.7 Å². The van der Waals surface area contributed by atoms with E-state index in [1.165, 1.54) is 0 Å². The van der Waals surface area contributed by atoms with Crippen LogP contribution in [-0.2, 0) is 4.79 Å². The van der Waals surface area contributed by atoms with Crippen molar-refractivity contribution in [3.8, 4) is 0 Å². The smallest absolute Gasteiger partial charge is 0.317 e. The Kier molecular flexibility index (Phi) is 5.80. The van der Waals surface area contributed by atoms with Crippen molar-refractivity contribution in [2.45, 2.75) is 58.5 Å². The Balaban J connectivity index is 2.69. The molecule has 1 atom stereocenters. The third-order valence-corrected chi connectivity index (χ3v) is 3.84. The number of urea groups is 1. The predicted molar refractivity (Wildman–Crippen MR) is 75.5 cm³/mol. The van der Waals surface area contributed by atoms with Crippen LogP contribution in [0.25, 0.3) is 0 Å². The highest BCUT2D eigenvalue weighted by Crippen LogP contribution is 2.26. The summed E-state index contributed by atoms with van der Waals surface area (Å²) < 4.78 is 0. The predicted octanol–water partition coefficient (Wildman–Crippen LogP) is 1.43. The fourth-order valence-electron chi connectivity index (χ4n) is 2.24. The average Bonchev–Trinajstić information content (AvgIpc) is 2.23. The lowest BCUT2D eigenvalue weighted by atomic mass is 9.84. The van der Waals surface area contributed by atoms with E-state index in [4.69, 9.17) is 10.2 Å². The van der Waals surface area contributed by atoms with Crippen molar-refractivity contribution in [1.82, 2.24) is 10.2 Å². The lowest BCUT2D eigenvalue weighted by molar-refractivity contribution is -0.138. The SMILES string of the molecule is CC(C)(C)C(CC(=O)O)NC(=O)N(CCO)C1CCC1. The second-order valence-electron chi connectivity index (χ2n) is 6.47. The summed E-state index contributed by atoms with van der Waals surface area (Å²) in [4.78, 5) is 24.9. The van der Waals surface area contributed by atoms with Gasteiger partial charge in [-0.25, -0.2) is 4.79 Å². The third-order valence-electron chi connectivity index (χ3n) is 3.84. The largest absolute Gasteiger partial charge is 0.481 e. The Hall–Kier alpha value is -1.30. The van der Waals surface area contributed by atoms with Crippen LogP contribution >= 0.6 is 0 Å². The van der Waals surface area contributed by atoms with E-state index in [-0.39, 0.29) is 30.5 Å². The molecule has 116 valence electrons. The molecule has 0 aromatic rings. The zero-order valence-corrected chi connectivity index (χ0v) is 12.6. The summed E-state index contributed by atoms with van der Waals surface area (Å²) in [6.07, 6.45) is 2.89.